The van der Waals surface area contributed by atoms with Gasteiger partial charge in [-0.2, -0.15) is 0 Å². The van der Waals surface area contributed by atoms with Gasteiger partial charge >= 0.3 is 0 Å². The van der Waals surface area contributed by atoms with E-state index in [-0.39, 0.29) is 35.5 Å². The molecular weight excluding hydrogens is 308 g/mol. The number of rotatable bonds is 4. The van der Waals surface area contributed by atoms with Crippen LogP contribution in [0.25, 0.3) is 11.0 Å². The lowest BCUT2D eigenvalue weighted by Gasteiger charge is -2.20. The minimum absolute atomic E-state index is 0.0449. The quantitative estimate of drug-likeness (QED) is 0.906. The fourth-order valence-electron chi connectivity index (χ4n) is 3.35. The van der Waals surface area contributed by atoms with Crippen molar-refractivity contribution in [2.75, 3.05) is 40.3 Å². The van der Waals surface area contributed by atoms with Gasteiger partial charge in [0.05, 0.1) is 5.39 Å². The standard InChI is InChI=1S/C18H22N2O4/c1-19(2)8-12-9-20(10-13(12)11-21)18(23)17-7-15(22)14-5-3-4-6-16(14)24-17/h3-7,12-13,21H,8-11H2,1-2H3/t12-,13-/m1/s1. The Kier molecular flexibility index (Phi) is 4.69. The number of para-hydroxylation sites is 1. The second-order valence-corrected chi connectivity index (χ2v) is 6.65. The third-order valence-electron chi connectivity index (χ3n) is 4.54. The molecule has 128 valence electrons. The first-order valence-corrected chi connectivity index (χ1v) is 8.07. The molecule has 6 heteroatoms. The molecular formula is C18H22N2O4. The van der Waals surface area contributed by atoms with Crippen molar-refractivity contribution in [2.24, 2.45) is 11.8 Å². The van der Waals surface area contributed by atoms with E-state index < -0.39 is 0 Å². The molecule has 1 aliphatic rings. The molecule has 2 heterocycles. The molecule has 1 saturated heterocycles. The third kappa shape index (κ3) is 3.20. The summed E-state index contributed by atoms with van der Waals surface area (Å²) in [6, 6.07) is 8.16. The number of aliphatic hydroxyl groups is 1. The van der Waals surface area contributed by atoms with Gasteiger partial charge in [0.1, 0.15) is 5.58 Å². The highest BCUT2D eigenvalue weighted by atomic mass is 16.3. The maximum Gasteiger partial charge on any atom is 0.289 e. The van der Waals surface area contributed by atoms with Crippen LogP contribution in [-0.4, -0.2) is 61.2 Å². The van der Waals surface area contributed by atoms with Crippen molar-refractivity contribution >= 4 is 16.9 Å². The summed E-state index contributed by atoms with van der Waals surface area (Å²) in [4.78, 5) is 28.6. The molecule has 2 aromatic rings. The second kappa shape index (κ2) is 6.75. The number of fused-ring (bicyclic) bond motifs is 1. The Labute approximate surface area is 140 Å². The first-order valence-electron chi connectivity index (χ1n) is 8.07. The molecule has 0 radical (unpaired) electrons. The Bertz CT molecular complexity index is 799. The van der Waals surface area contributed by atoms with Crippen molar-refractivity contribution in [3.05, 3.63) is 46.3 Å². The number of aliphatic hydroxyl groups excluding tert-OH is 1. The molecule has 3 rings (SSSR count). The molecule has 2 atom stereocenters. The number of likely N-dealkylation sites (tertiary alicyclic amines) is 1. The molecule has 0 saturated carbocycles. The van der Waals surface area contributed by atoms with Gasteiger partial charge in [0.25, 0.3) is 5.91 Å². The number of hydrogen-bond donors (Lipinski definition) is 1. The van der Waals surface area contributed by atoms with E-state index in [1.807, 2.05) is 14.1 Å². The summed E-state index contributed by atoms with van der Waals surface area (Å²) in [6.07, 6.45) is 0. The Morgan fingerprint density at radius 2 is 2.00 bits per heavy atom. The number of nitrogens with zero attached hydrogens (tertiary/aromatic N) is 2. The van der Waals surface area contributed by atoms with Crippen LogP contribution in [0, 0.1) is 11.8 Å². The van der Waals surface area contributed by atoms with Gasteiger partial charge in [-0.15, -0.1) is 0 Å². The largest absolute Gasteiger partial charge is 0.451 e. The van der Waals surface area contributed by atoms with E-state index in [0.717, 1.165) is 6.54 Å². The van der Waals surface area contributed by atoms with E-state index >= 15 is 0 Å². The summed E-state index contributed by atoms with van der Waals surface area (Å²) in [5.74, 6) is 0.0168. The van der Waals surface area contributed by atoms with E-state index in [1.165, 1.54) is 6.07 Å². The van der Waals surface area contributed by atoms with Crippen LogP contribution in [0.1, 0.15) is 10.6 Å². The monoisotopic (exact) mass is 330 g/mol. The summed E-state index contributed by atoms with van der Waals surface area (Å²) < 4.78 is 5.64. The number of carbonyl (C=O) groups excluding carboxylic acids is 1. The molecule has 0 spiro atoms. The van der Waals surface area contributed by atoms with Gasteiger partial charge in [0.15, 0.2) is 11.2 Å². The molecule has 1 fully saturated rings. The van der Waals surface area contributed by atoms with Gasteiger partial charge < -0.3 is 19.3 Å². The van der Waals surface area contributed by atoms with Crippen molar-refractivity contribution in [1.82, 2.24) is 9.80 Å². The van der Waals surface area contributed by atoms with Gasteiger partial charge in [-0.3, -0.25) is 9.59 Å². The zero-order valence-corrected chi connectivity index (χ0v) is 13.9. The molecule has 1 amide bonds. The van der Waals surface area contributed by atoms with E-state index in [1.54, 1.807) is 29.2 Å². The van der Waals surface area contributed by atoms with Crippen LogP contribution in [0.3, 0.4) is 0 Å². The SMILES string of the molecule is CN(C)C[C@@H]1CN(C(=O)c2cc(=O)c3ccccc3o2)C[C@@H]1CO. The van der Waals surface area contributed by atoms with Gasteiger partial charge in [0.2, 0.25) is 0 Å². The predicted molar refractivity (Wildman–Crippen MR) is 91.0 cm³/mol. The molecule has 24 heavy (non-hydrogen) atoms. The van der Waals surface area contributed by atoms with Crippen LogP contribution < -0.4 is 5.43 Å². The van der Waals surface area contributed by atoms with E-state index in [2.05, 4.69) is 4.90 Å². The smallest absolute Gasteiger partial charge is 0.289 e. The molecule has 0 bridgehead atoms. The van der Waals surface area contributed by atoms with Crippen molar-refractivity contribution in [3.63, 3.8) is 0 Å². The van der Waals surface area contributed by atoms with Gasteiger partial charge in [-0.25, -0.2) is 0 Å². The second-order valence-electron chi connectivity index (χ2n) is 6.65. The lowest BCUT2D eigenvalue weighted by atomic mass is 9.97. The highest BCUT2D eigenvalue weighted by Crippen LogP contribution is 2.25. The molecule has 1 aromatic heterocycles. The normalized spacial score (nSPS) is 20.9. The Morgan fingerprint density at radius 1 is 1.29 bits per heavy atom. The van der Waals surface area contributed by atoms with Crippen molar-refractivity contribution in [3.8, 4) is 0 Å². The van der Waals surface area contributed by atoms with E-state index in [0.29, 0.717) is 24.1 Å². The Hall–Kier alpha value is -2.18. The summed E-state index contributed by atoms with van der Waals surface area (Å²) in [5.41, 5.74) is 0.194. The van der Waals surface area contributed by atoms with Crippen LogP contribution in [0.2, 0.25) is 0 Å². The zero-order valence-electron chi connectivity index (χ0n) is 13.9. The van der Waals surface area contributed by atoms with Crippen LogP contribution in [0.15, 0.2) is 39.5 Å². The highest BCUT2D eigenvalue weighted by molar-refractivity contribution is 5.93. The summed E-state index contributed by atoms with van der Waals surface area (Å²) in [7, 11) is 3.95. The van der Waals surface area contributed by atoms with Crippen molar-refractivity contribution < 1.29 is 14.3 Å². The minimum atomic E-state index is -0.294. The fraction of sp³-hybridized carbons (Fsp3) is 0.444. The maximum absolute atomic E-state index is 12.7. The molecule has 1 N–H and O–H groups in total. The summed E-state index contributed by atoms with van der Waals surface area (Å²) in [6.45, 7) is 1.88. The summed E-state index contributed by atoms with van der Waals surface area (Å²) in [5, 5.41) is 10.0. The van der Waals surface area contributed by atoms with E-state index in [9.17, 15) is 14.7 Å². The van der Waals surface area contributed by atoms with Gasteiger partial charge in [-0.05, 0) is 32.1 Å². The number of amides is 1. The van der Waals surface area contributed by atoms with Crippen molar-refractivity contribution in [2.45, 2.75) is 0 Å². The average Bonchev–Trinajstić information content (AvgIpc) is 2.96. The highest BCUT2D eigenvalue weighted by Gasteiger charge is 2.36. The maximum atomic E-state index is 12.7. The van der Waals surface area contributed by atoms with Gasteiger partial charge in [-0.1, -0.05) is 12.1 Å². The Morgan fingerprint density at radius 3 is 2.71 bits per heavy atom. The first kappa shape index (κ1) is 16.7. The minimum Gasteiger partial charge on any atom is -0.451 e. The lowest BCUT2D eigenvalue weighted by Crippen LogP contribution is -2.31. The molecule has 0 unspecified atom stereocenters. The number of hydrogen-bond acceptors (Lipinski definition) is 5. The van der Waals surface area contributed by atoms with E-state index in [4.69, 9.17) is 4.42 Å². The molecule has 6 nitrogen and oxygen atoms in total. The topological polar surface area (TPSA) is 74.0 Å². The van der Waals surface area contributed by atoms with Crippen LogP contribution in [0.4, 0.5) is 0 Å². The molecule has 1 aliphatic heterocycles. The zero-order chi connectivity index (χ0) is 17.3. The third-order valence-corrected chi connectivity index (χ3v) is 4.54. The van der Waals surface area contributed by atoms with Crippen LogP contribution >= 0.6 is 0 Å². The number of benzene rings is 1. The average molecular weight is 330 g/mol. The van der Waals surface area contributed by atoms with Crippen LogP contribution in [-0.2, 0) is 0 Å². The first-order chi connectivity index (χ1) is 11.5. The van der Waals surface area contributed by atoms with Crippen molar-refractivity contribution in [1.29, 1.82) is 0 Å². The predicted octanol–water partition coefficient (Wildman–Crippen LogP) is 1.04. The van der Waals surface area contributed by atoms with Crippen LogP contribution in [0.5, 0.6) is 0 Å². The molecule has 0 aliphatic carbocycles. The number of carbonyl (C=O) groups is 1. The molecule has 1 aromatic carbocycles. The Balaban J connectivity index is 1.86. The summed E-state index contributed by atoms with van der Waals surface area (Å²) >= 11 is 0. The lowest BCUT2D eigenvalue weighted by molar-refractivity contribution is 0.0748. The fourth-order valence-corrected chi connectivity index (χ4v) is 3.35. The van der Waals surface area contributed by atoms with Gasteiger partial charge in [0, 0.05) is 38.2 Å².